The van der Waals surface area contributed by atoms with Gasteiger partial charge in [-0.05, 0) is 99.3 Å². The third-order valence-electron chi connectivity index (χ3n) is 8.22. The molecule has 0 saturated carbocycles. The van der Waals surface area contributed by atoms with Crippen LogP contribution >= 0.6 is 0 Å². The van der Waals surface area contributed by atoms with E-state index in [1.807, 2.05) is 63.2 Å². The molecule has 0 spiro atoms. The van der Waals surface area contributed by atoms with E-state index in [0.29, 0.717) is 34.9 Å². The molecule has 0 bridgehead atoms. The summed E-state index contributed by atoms with van der Waals surface area (Å²) in [6.07, 6.45) is 3.29. The van der Waals surface area contributed by atoms with E-state index in [2.05, 4.69) is 22.3 Å². The number of ether oxygens (including phenoxy) is 3. The average Bonchev–Trinajstić information content (AvgIpc) is 3.69. The number of carbonyl (C=O) groups excluding carboxylic acids is 2. The number of likely N-dealkylation sites (tertiary alicyclic amines) is 1. The lowest BCUT2D eigenvalue weighted by atomic mass is 9.92. The van der Waals surface area contributed by atoms with Crippen molar-refractivity contribution in [2.24, 2.45) is 0 Å². The molecule has 216 valence electrons. The quantitative estimate of drug-likeness (QED) is 0.296. The molecule has 3 aliphatic heterocycles. The van der Waals surface area contributed by atoms with Gasteiger partial charge in [-0.25, -0.2) is 9.36 Å². The predicted molar refractivity (Wildman–Crippen MR) is 161 cm³/mol. The van der Waals surface area contributed by atoms with Gasteiger partial charge in [-0.1, -0.05) is 30.7 Å². The summed E-state index contributed by atoms with van der Waals surface area (Å²) in [4.78, 5) is 29.5. The van der Waals surface area contributed by atoms with Crippen LogP contribution < -0.4 is 14.8 Å². The number of hydrogen-bond acceptors (Lipinski definition) is 6. The van der Waals surface area contributed by atoms with E-state index in [9.17, 15) is 9.59 Å². The maximum atomic E-state index is 13.7. The Morgan fingerprint density at radius 1 is 0.929 bits per heavy atom. The van der Waals surface area contributed by atoms with Gasteiger partial charge in [-0.2, -0.15) is 0 Å². The van der Waals surface area contributed by atoms with Gasteiger partial charge in [0.2, 0.25) is 6.79 Å². The molecule has 4 aromatic rings. The first-order chi connectivity index (χ1) is 20.2. The largest absolute Gasteiger partial charge is 0.454 e. The summed E-state index contributed by atoms with van der Waals surface area (Å²) in [6.45, 7) is 9.28. The van der Waals surface area contributed by atoms with E-state index >= 15 is 0 Å². The molecule has 7 rings (SSSR count). The fourth-order valence-electron chi connectivity index (χ4n) is 6.34. The van der Waals surface area contributed by atoms with Crippen LogP contribution in [-0.2, 0) is 17.8 Å². The number of rotatable bonds is 4. The highest BCUT2D eigenvalue weighted by molar-refractivity contribution is 6.08. The first-order valence-electron chi connectivity index (χ1n) is 14.7. The molecule has 8 heteroatoms. The van der Waals surface area contributed by atoms with E-state index in [0.717, 1.165) is 47.2 Å². The Kier molecular flexibility index (Phi) is 6.46. The second-order valence-electron chi connectivity index (χ2n) is 12.3. The van der Waals surface area contributed by atoms with Crippen LogP contribution in [0.2, 0.25) is 0 Å². The van der Waals surface area contributed by atoms with Crippen LogP contribution in [-0.4, -0.2) is 47.0 Å². The molecule has 1 amide bonds. The second kappa shape index (κ2) is 10.2. The van der Waals surface area contributed by atoms with Gasteiger partial charge in [-0.3, -0.25) is 9.69 Å². The highest BCUT2D eigenvalue weighted by atomic mass is 16.7. The van der Waals surface area contributed by atoms with Crippen molar-refractivity contribution in [1.29, 1.82) is 0 Å². The van der Waals surface area contributed by atoms with Crippen molar-refractivity contribution in [3.05, 3.63) is 71.3 Å². The molecular weight excluding hydrogens is 530 g/mol. The summed E-state index contributed by atoms with van der Waals surface area (Å²) >= 11 is 0. The fraction of sp³-hybridized carbons (Fsp3) is 0.353. The number of nitrogens with zero attached hydrogens (tertiary/aromatic N) is 2. The average molecular weight is 566 g/mol. The SMILES string of the molecule is CC(C)(C)OC(=O)n1c(-c2ccc(-c3ccc4c(c3)OCO4)c3c2C(=O)NC3)cc2cc(CN3CCCCC3)ccc21. The Balaban J connectivity index is 1.36. The smallest absolute Gasteiger partial charge is 0.419 e. The zero-order chi connectivity index (χ0) is 29.0. The number of fused-ring (bicyclic) bond motifs is 3. The molecule has 0 aliphatic carbocycles. The normalized spacial score (nSPS) is 16.5. The van der Waals surface area contributed by atoms with E-state index in [-0.39, 0.29) is 12.7 Å². The number of benzene rings is 3. The van der Waals surface area contributed by atoms with Crippen molar-refractivity contribution < 1.29 is 23.8 Å². The van der Waals surface area contributed by atoms with Crippen LogP contribution in [0.3, 0.4) is 0 Å². The summed E-state index contributed by atoms with van der Waals surface area (Å²) < 4.78 is 18.6. The lowest BCUT2D eigenvalue weighted by molar-refractivity contribution is 0.0547. The van der Waals surface area contributed by atoms with E-state index in [4.69, 9.17) is 14.2 Å². The molecule has 0 radical (unpaired) electrons. The zero-order valence-corrected chi connectivity index (χ0v) is 24.3. The number of amides is 1. The van der Waals surface area contributed by atoms with E-state index in [1.54, 1.807) is 4.57 Å². The minimum Gasteiger partial charge on any atom is -0.454 e. The summed E-state index contributed by atoms with van der Waals surface area (Å²) in [5.74, 6) is 1.24. The van der Waals surface area contributed by atoms with Crippen molar-refractivity contribution in [1.82, 2.24) is 14.8 Å². The van der Waals surface area contributed by atoms with Crippen LogP contribution in [0, 0.1) is 0 Å². The van der Waals surface area contributed by atoms with Gasteiger partial charge in [0.25, 0.3) is 5.91 Å². The molecule has 0 atom stereocenters. The van der Waals surface area contributed by atoms with Crippen molar-refractivity contribution >= 4 is 22.9 Å². The van der Waals surface area contributed by atoms with Crippen molar-refractivity contribution in [2.75, 3.05) is 19.9 Å². The Morgan fingerprint density at radius 3 is 2.52 bits per heavy atom. The molecular formula is C34H35N3O5. The minimum absolute atomic E-state index is 0.158. The highest BCUT2D eigenvalue weighted by Crippen LogP contribution is 2.41. The number of carbonyl (C=O) groups is 2. The molecule has 8 nitrogen and oxygen atoms in total. The maximum absolute atomic E-state index is 13.7. The molecule has 3 aliphatic rings. The van der Waals surface area contributed by atoms with Crippen molar-refractivity contribution in [3.63, 3.8) is 0 Å². The van der Waals surface area contributed by atoms with Gasteiger partial charge in [0.15, 0.2) is 11.5 Å². The van der Waals surface area contributed by atoms with Gasteiger partial charge >= 0.3 is 6.09 Å². The molecule has 4 heterocycles. The highest BCUT2D eigenvalue weighted by Gasteiger charge is 2.31. The fourth-order valence-corrected chi connectivity index (χ4v) is 6.34. The van der Waals surface area contributed by atoms with E-state index < -0.39 is 11.7 Å². The second-order valence-corrected chi connectivity index (χ2v) is 12.3. The zero-order valence-electron chi connectivity index (χ0n) is 24.3. The molecule has 3 aromatic carbocycles. The van der Waals surface area contributed by atoms with Gasteiger partial charge in [0, 0.05) is 24.0 Å². The first-order valence-corrected chi connectivity index (χ1v) is 14.7. The number of piperidine rings is 1. The lowest BCUT2D eigenvalue weighted by Crippen LogP contribution is -2.29. The van der Waals surface area contributed by atoms with Crippen molar-refractivity contribution in [3.8, 4) is 33.9 Å². The summed E-state index contributed by atoms with van der Waals surface area (Å²) in [5, 5.41) is 3.95. The van der Waals surface area contributed by atoms with Crippen LogP contribution in [0.5, 0.6) is 11.5 Å². The van der Waals surface area contributed by atoms with Crippen LogP contribution in [0.25, 0.3) is 33.3 Å². The Morgan fingerprint density at radius 2 is 1.71 bits per heavy atom. The number of nitrogens with one attached hydrogen (secondary N) is 1. The predicted octanol–water partition coefficient (Wildman–Crippen LogP) is 6.72. The van der Waals surface area contributed by atoms with Gasteiger partial charge in [0.05, 0.1) is 16.8 Å². The third-order valence-corrected chi connectivity index (χ3v) is 8.22. The molecule has 1 aromatic heterocycles. The molecule has 42 heavy (non-hydrogen) atoms. The molecule has 0 unspecified atom stereocenters. The Hall–Kier alpha value is -4.30. The van der Waals surface area contributed by atoms with Crippen molar-refractivity contribution in [2.45, 2.75) is 58.7 Å². The van der Waals surface area contributed by atoms with Gasteiger partial charge < -0.3 is 19.5 Å². The number of hydrogen-bond donors (Lipinski definition) is 1. The number of aromatic nitrogens is 1. The Bertz CT molecular complexity index is 1730. The molecule has 1 saturated heterocycles. The topological polar surface area (TPSA) is 82.0 Å². The molecule has 1 N–H and O–H groups in total. The monoisotopic (exact) mass is 565 g/mol. The van der Waals surface area contributed by atoms with Gasteiger partial charge in [0.1, 0.15) is 5.60 Å². The van der Waals surface area contributed by atoms with E-state index in [1.165, 1.54) is 24.8 Å². The molecule has 1 fully saturated rings. The lowest BCUT2D eigenvalue weighted by Gasteiger charge is -2.26. The first kappa shape index (κ1) is 26.6. The standard InChI is InChI=1S/C34H35N3O5/c1-34(2,3)42-33(39)37-27-11-7-21(19-36-13-5-4-6-14-36)15-23(27)16-28(37)25-10-9-24(26-18-35-32(38)31(25)26)22-8-12-29-30(17-22)41-20-40-29/h7-12,15-17H,4-6,13-14,18-20H2,1-3H3,(H,35,38). The maximum Gasteiger partial charge on any atom is 0.419 e. The Labute approximate surface area is 245 Å². The summed E-state index contributed by atoms with van der Waals surface area (Å²) in [6, 6.07) is 18.1. The van der Waals surface area contributed by atoms with Crippen LogP contribution in [0.4, 0.5) is 4.79 Å². The van der Waals surface area contributed by atoms with Gasteiger partial charge in [-0.15, -0.1) is 0 Å². The summed E-state index contributed by atoms with van der Waals surface area (Å²) in [5.41, 5.74) is 5.97. The third kappa shape index (κ3) is 4.79. The minimum atomic E-state index is -0.679. The van der Waals surface area contributed by atoms with Crippen LogP contribution in [0.1, 0.15) is 61.5 Å². The van der Waals surface area contributed by atoms with Crippen LogP contribution in [0.15, 0.2) is 54.6 Å². The summed E-state index contributed by atoms with van der Waals surface area (Å²) in [7, 11) is 0.